The second-order valence-corrected chi connectivity index (χ2v) is 13.2. The Bertz CT molecular complexity index is 1600. The van der Waals surface area contributed by atoms with Crippen LogP contribution in [0.25, 0.3) is 11.4 Å². The molecule has 8 nitrogen and oxygen atoms in total. The monoisotopic (exact) mass is 598 g/mol. The average molecular weight is 599 g/mol. The Balaban J connectivity index is 1.35. The highest BCUT2D eigenvalue weighted by atomic mass is 32.2. The van der Waals surface area contributed by atoms with E-state index in [-0.39, 0.29) is 11.7 Å². The van der Waals surface area contributed by atoms with Gasteiger partial charge in [0, 0.05) is 34.7 Å². The number of hydrogen-bond acceptors (Lipinski definition) is 8. The van der Waals surface area contributed by atoms with Crippen molar-refractivity contribution >= 4 is 17.5 Å². The second kappa shape index (κ2) is 12.2. The largest absolute Gasteiger partial charge is 0.461 e. The fourth-order valence-corrected chi connectivity index (χ4v) is 7.96. The zero-order valence-corrected chi connectivity index (χ0v) is 25.4. The molecule has 4 aromatic rings. The summed E-state index contributed by atoms with van der Waals surface area (Å²) < 4.78 is 5.53. The first kappa shape index (κ1) is 29.5. The van der Waals surface area contributed by atoms with Crippen LogP contribution in [0.5, 0.6) is 0 Å². The second-order valence-electron chi connectivity index (χ2n) is 12.2. The molecule has 1 saturated carbocycles. The van der Waals surface area contributed by atoms with E-state index in [0.29, 0.717) is 47.3 Å². The van der Waals surface area contributed by atoms with Gasteiger partial charge in [0.1, 0.15) is 0 Å². The number of furan rings is 1. The minimum atomic E-state index is -1.02. The first-order valence-corrected chi connectivity index (χ1v) is 16.0. The van der Waals surface area contributed by atoms with E-state index in [0.717, 1.165) is 42.4 Å². The number of nitrogens with one attached hydrogen (secondary N) is 1. The van der Waals surface area contributed by atoms with Crippen LogP contribution in [-0.2, 0) is 6.42 Å². The van der Waals surface area contributed by atoms with Crippen LogP contribution < -0.4 is 0 Å². The number of nitrogens with zero attached hydrogens (tertiary/aromatic N) is 3. The van der Waals surface area contributed by atoms with Gasteiger partial charge in [0.15, 0.2) is 11.6 Å². The maximum atomic E-state index is 13.8. The number of hydrogen-bond donors (Lipinski definition) is 3. The summed E-state index contributed by atoms with van der Waals surface area (Å²) in [5, 5.41) is 31.2. The third-order valence-corrected chi connectivity index (χ3v) is 10.6. The van der Waals surface area contributed by atoms with E-state index in [1.807, 2.05) is 30.3 Å². The Morgan fingerprint density at radius 3 is 2.79 bits per heavy atom. The van der Waals surface area contributed by atoms with Gasteiger partial charge in [0.25, 0.3) is 0 Å². The summed E-state index contributed by atoms with van der Waals surface area (Å²) in [5.74, 6) is 1.16. The van der Waals surface area contributed by atoms with Gasteiger partial charge in [-0.1, -0.05) is 42.5 Å². The summed E-state index contributed by atoms with van der Waals surface area (Å²) in [4.78, 5) is 22.5. The number of benzene rings is 1. The Morgan fingerprint density at radius 2 is 2.00 bits per heavy atom. The molecule has 9 heteroatoms. The molecule has 3 heterocycles. The third-order valence-electron chi connectivity index (χ3n) is 9.52. The molecule has 1 fully saturated rings. The van der Waals surface area contributed by atoms with Crippen LogP contribution in [0.15, 0.2) is 82.3 Å². The van der Waals surface area contributed by atoms with Gasteiger partial charge in [-0.15, -0.1) is 5.10 Å². The average Bonchev–Trinajstić information content (AvgIpc) is 3.77. The molecule has 0 spiro atoms. The summed E-state index contributed by atoms with van der Waals surface area (Å²) in [6, 6.07) is 13.2. The predicted octanol–water partition coefficient (Wildman–Crippen LogP) is 6.52. The van der Waals surface area contributed by atoms with Gasteiger partial charge in [-0.2, -0.15) is 0 Å². The molecule has 0 saturated heterocycles. The topological polar surface area (TPSA) is 125 Å². The van der Waals surface area contributed by atoms with Crippen LogP contribution in [-0.4, -0.2) is 53.6 Å². The lowest BCUT2D eigenvalue weighted by Crippen LogP contribution is -2.46. The molecule has 0 radical (unpaired) electrons. The van der Waals surface area contributed by atoms with Gasteiger partial charge >= 0.3 is 0 Å². The van der Waals surface area contributed by atoms with Crippen LogP contribution in [0, 0.1) is 5.41 Å². The van der Waals surface area contributed by atoms with E-state index in [9.17, 15) is 15.0 Å². The Labute approximate surface area is 256 Å². The first-order chi connectivity index (χ1) is 20.8. The molecule has 0 amide bonds. The van der Waals surface area contributed by atoms with Gasteiger partial charge in [-0.3, -0.25) is 14.9 Å². The van der Waals surface area contributed by atoms with Crippen molar-refractivity contribution in [1.29, 1.82) is 0 Å². The van der Waals surface area contributed by atoms with E-state index >= 15 is 0 Å². The van der Waals surface area contributed by atoms with Crippen molar-refractivity contribution in [2.24, 2.45) is 5.41 Å². The van der Waals surface area contributed by atoms with E-state index in [4.69, 9.17) is 4.42 Å². The summed E-state index contributed by atoms with van der Waals surface area (Å²) in [5.41, 5.74) is 3.05. The molecule has 0 aliphatic heterocycles. The molecular formula is C34H38N4O4S. The summed E-state index contributed by atoms with van der Waals surface area (Å²) in [6.45, 7) is 4.30. The van der Waals surface area contributed by atoms with E-state index in [1.54, 1.807) is 24.5 Å². The molecule has 2 bridgehead atoms. The molecule has 1 aromatic carbocycles. The molecule has 224 valence electrons. The van der Waals surface area contributed by atoms with Crippen molar-refractivity contribution in [3.05, 3.63) is 95.2 Å². The smallest absolute Gasteiger partial charge is 0.228 e. The molecule has 43 heavy (non-hydrogen) atoms. The summed E-state index contributed by atoms with van der Waals surface area (Å²) in [6.07, 6.45) is 11.5. The standard InChI is InChI=1S/C34H38N4O4S/c1-22-5-3-14-33(2)28(11-15-34(33,41)21-43-32-36-31(37-38-32)24-12-16-35-17-13-24)26-10-8-23(19-25(39)9-7-22)20-27(26)30(40)29-6-4-18-42-29/h4-6,8,10,12-13,16-18,20,25,28,39,41H,3,7,9,11,14-15,19,21H2,1-2H3,(H,36,37,38)/t25-,28-,33-,34+/m0/s1. The zero-order chi connectivity index (χ0) is 30.0. The highest BCUT2D eigenvalue weighted by Gasteiger charge is 2.56. The number of thioether (sulfide) groups is 1. The van der Waals surface area contributed by atoms with Crippen LogP contribution in [0.4, 0.5) is 0 Å². The van der Waals surface area contributed by atoms with Crippen molar-refractivity contribution in [3.63, 3.8) is 0 Å². The maximum absolute atomic E-state index is 13.8. The normalized spacial score (nSPS) is 26.1. The third kappa shape index (κ3) is 5.98. The van der Waals surface area contributed by atoms with E-state index in [1.165, 1.54) is 23.6 Å². The molecule has 7 rings (SSSR count). The summed E-state index contributed by atoms with van der Waals surface area (Å²) in [7, 11) is 0. The number of ketones is 1. The Morgan fingerprint density at radius 1 is 1.16 bits per heavy atom. The molecule has 3 N–H and O–H groups in total. The van der Waals surface area contributed by atoms with E-state index in [2.05, 4.69) is 40.1 Å². The fourth-order valence-electron chi connectivity index (χ4n) is 6.85. The molecule has 3 aliphatic rings. The maximum Gasteiger partial charge on any atom is 0.228 e. The van der Waals surface area contributed by atoms with Crippen molar-refractivity contribution in [1.82, 2.24) is 20.2 Å². The number of pyridine rings is 1. The lowest BCUT2D eigenvalue weighted by molar-refractivity contribution is -0.0422. The highest BCUT2D eigenvalue weighted by Crippen LogP contribution is 2.59. The fraction of sp³-hybridized carbons (Fsp3) is 0.412. The number of aromatic amines is 1. The molecule has 3 aliphatic carbocycles. The number of H-pyrrole nitrogens is 1. The van der Waals surface area contributed by atoms with Crippen LogP contribution >= 0.6 is 11.8 Å². The quantitative estimate of drug-likeness (QED) is 0.130. The van der Waals surface area contributed by atoms with Gasteiger partial charge in [-0.25, -0.2) is 4.98 Å². The number of fused-ring (bicyclic) bond motifs is 8. The minimum Gasteiger partial charge on any atom is -0.461 e. The van der Waals surface area contributed by atoms with Gasteiger partial charge < -0.3 is 14.6 Å². The number of carbonyl (C=O) groups is 1. The Hall–Kier alpha value is -3.53. The van der Waals surface area contributed by atoms with Crippen molar-refractivity contribution in [3.8, 4) is 11.4 Å². The minimum absolute atomic E-state index is 0.0536. The van der Waals surface area contributed by atoms with Gasteiger partial charge in [-0.05, 0) is 99.2 Å². The first-order valence-electron chi connectivity index (χ1n) is 15.0. The van der Waals surface area contributed by atoms with Crippen molar-refractivity contribution in [2.45, 2.75) is 81.6 Å². The van der Waals surface area contributed by atoms with Crippen molar-refractivity contribution < 1.29 is 19.4 Å². The predicted molar refractivity (Wildman–Crippen MR) is 166 cm³/mol. The molecule has 3 aromatic heterocycles. The van der Waals surface area contributed by atoms with Crippen LogP contribution in [0.3, 0.4) is 0 Å². The lowest BCUT2D eigenvalue weighted by atomic mass is 9.65. The number of carbonyl (C=O) groups excluding carboxylic acids is 1. The van der Waals surface area contributed by atoms with Crippen molar-refractivity contribution in [2.75, 3.05) is 5.75 Å². The number of allylic oxidation sites excluding steroid dienone is 2. The summed E-state index contributed by atoms with van der Waals surface area (Å²) >= 11 is 1.46. The number of aliphatic hydroxyl groups is 2. The number of aliphatic hydroxyl groups excluding tert-OH is 1. The van der Waals surface area contributed by atoms with Gasteiger partial charge in [0.2, 0.25) is 10.9 Å². The SMILES string of the molecule is CC1=CCC[C@@]2(C)[C@@H](CC[C@@]2(O)CSc2n[nH]c(-c3ccncc3)n2)c2ccc(cc2C(=O)c2ccco2)C[C@@H](O)CC1. The lowest BCUT2D eigenvalue weighted by Gasteiger charge is -2.44. The van der Waals surface area contributed by atoms with Crippen LogP contribution in [0.1, 0.15) is 85.5 Å². The number of aromatic nitrogens is 4. The number of rotatable bonds is 6. The van der Waals surface area contributed by atoms with Gasteiger partial charge in [0.05, 0.1) is 18.0 Å². The molecular weight excluding hydrogens is 560 g/mol. The highest BCUT2D eigenvalue weighted by molar-refractivity contribution is 7.99. The van der Waals surface area contributed by atoms with Crippen LogP contribution in [0.2, 0.25) is 0 Å². The Kier molecular flexibility index (Phi) is 8.40. The van der Waals surface area contributed by atoms with E-state index < -0.39 is 17.1 Å². The molecule has 0 unspecified atom stereocenters. The molecule has 4 atom stereocenters. The zero-order valence-electron chi connectivity index (χ0n) is 24.6.